The molecule has 0 aromatic heterocycles. The molecule has 0 aliphatic carbocycles. The van der Waals surface area contributed by atoms with Crippen LogP contribution in [0.3, 0.4) is 0 Å². The van der Waals surface area contributed by atoms with Crippen LogP contribution >= 0.6 is 11.9 Å². The van der Waals surface area contributed by atoms with E-state index in [1.807, 2.05) is 6.26 Å². The fraction of sp³-hybridized carbons (Fsp3) is 0.688. The van der Waals surface area contributed by atoms with E-state index in [1.54, 1.807) is 18.0 Å². The molecule has 0 bridgehead atoms. The van der Waals surface area contributed by atoms with Gasteiger partial charge in [-0.05, 0) is 26.0 Å². The third kappa shape index (κ3) is 7.75. The van der Waals surface area contributed by atoms with Crippen LogP contribution in [0.5, 0.6) is 0 Å². The maximum Gasteiger partial charge on any atom is 0.312 e. The number of nitrogens with one attached hydrogen (secondary N) is 1. The summed E-state index contributed by atoms with van der Waals surface area (Å²) in [6.45, 7) is 8.04. The monoisotopic (exact) mass is 299 g/mol. The van der Waals surface area contributed by atoms with Crippen molar-refractivity contribution in [2.75, 3.05) is 13.4 Å². The van der Waals surface area contributed by atoms with Crippen molar-refractivity contribution in [1.29, 1.82) is 0 Å². The Morgan fingerprint density at radius 1 is 1.45 bits per heavy atom. The maximum atomic E-state index is 11.5. The van der Waals surface area contributed by atoms with Crippen LogP contribution in [0.2, 0.25) is 0 Å². The highest BCUT2D eigenvalue weighted by Gasteiger charge is 2.15. The van der Waals surface area contributed by atoms with E-state index >= 15 is 0 Å². The van der Waals surface area contributed by atoms with E-state index in [-0.39, 0.29) is 11.9 Å². The first kappa shape index (κ1) is 19.3. The third-order valence-electron chi connectivity index (χ3n) is 3.39. The zero-order valence-electron chi connectivity index (χ0n) is 13.3. The topological polar surface area (TPSA) is 38.3 Å². The van der Waals surface area contributed by atoms with Crippen LogP contribution in [0.1, 0.15) is 46.0 Å². The van der Waals surface area contributed by atoms with Crippen LogP contribution in [0.15, 0.2) is 24.3 Å². The number of hydrogen-bond donors (Lipinski definition) is 1. The minimum absolute atomic E-state index is 0.218. The Kier molecular flexibility index (Phi) is 11.6. The number of carbonyl (C=O) groups is 1. The number of methoxy groups -OCH3 is 1. The van der Waals surface area contributed by atoms with Gasteiger partial charge in [0.1, 0.15) is 0 Å². The minimum Gasteiger partial charge on any atom is -0.469 e. The van der Waals surface area contributed by atoms with E-state index in [4.69, 9.17) is 4.74 Å². The number of hydrogen-bond acceptors (Lipinski definition) is 4. The fourth-order valence-electron chi connectivity index (χ4n) is 2.02. The van der Waals surface area contributed by atoms with Gasteiger partial charge in [0.2, 0.25) is 0 Å². The Labute approximate surface area is 128 Å². The first-order chi connectivity index (χ1) is 9.60. The van der Waals surface area contributed by atoms with Crippen LogP contribution in [0.25, 0.3) is 0 Å². The smallest absolute Gasteiger partial charge is 0.312 e. The van der Waals surface area contributed by atoms with Gasteiger partial charge in [-0.25, -0.2) is 0 Å². The summed E-state index contributed by atoms with van der Waals surface area (Å²) in [6, 6.07) is 0.375. The predicted octanol–water partition coefficient (Wildman–Crippen LogP) is 4.11. The highest BCUT2D eigenvalue weighted by atomic mass is 32.2. The van der Waals surface area contributed by atoms with Crippen molar-refractivity contribution in [1.82, 2.24) is 4.72 Å². The number of unbranched alkanes of at least 4 members (excludes halogenated alkanes) is 2. The van der Waals surface area contributed by atoms with Gasteiger partial charge in [0.15, 0.2) is 0 Å². The lowest BCUT2D eigenvalue weighted by Gasteiger charge is -2.18. The van der Waals surface area contributed by atoms with Crippen LogP contribution < -0.4 is 4.72 Å². The van der Waals surface area contributed by atoms with Crippen molar-refractivity contribution in [3.63, 3.8) is 0 Å². The first-order valence-electron chi connectivity index (χ1n) is 7.26. The molecule has 4 heteroatoms. The molecule has 116 valence electrons. The zero-order chi connectivity index (χ0) is 15.4. The third-order valence-corrected chi connectivity index (χ3v) is 3.91. The van der Waals surface area contributed by atoms with E-state index in [2.05, 4.69) is 31.2 Å². The molecular weight excluding hydrogens is 270 g/mol. The second-order valence-corrected chi connectivity index (χ2v) is 5.56. The number of esters is 1. The number of carbonyl (C=O) groups excluding carboxylic acids is 1. The number of allylic oxidation sites excluding steroid dienone is 1. The zero-order valence-corrected chi connectivity index (χ0v) is 14.1. The molecule has 20 heavy (non-hydrogen) atoms. The molecule has 0 saturated heterocycles. The average molecular weight is 299 g/mol. The van der Waals surface area contributed by atoms with Gasteiger partial charge in [-0.3, -0.25) is 9.52 Å². The van der Waals surface area contributed by atoms with Crippen molar-refractivity contribution in [2.45, 2.75) is 52.0 Å². The van der Waals surface area contributed by atoms with Gasteiger partial charge in [0.05, 0.1) is 13.0 Å². The summed E-state index contributed by atoms with van der Waals surface area (Å²) in [7, 11) is 1.41. The van der Waals surface area contributed by atoms with Gasteiger partial charge in [-0.2, -0.15) is 0 Å². The van der Waals surface area contributed by atoms with Gasteiger partial charge in [0, 0.05) is 6.04 Å². The van der Waals surface area contributed by atoms with E-state index in [9.17, 15) is 4.79 Å². The molecule has 1 N–H and O–H groups in total. The summed E-state index contributed by atoms with van der Waals surface area (Å²) in [5.41, 5.74) is 1.28. The molecule has 0 spiro atoms. The molecule has 0 saturated carbocycles. The van der Waals surface area contributed by atoms with Crippen LogP contribution in [0.4, 0.5) is 0 Å². The highest BCUT2D eigenvalue weighted by Crippen LogP contribution is 2.16. The molecule has 1 unspecified atom stereocenters. The van der Waals surface area contributed by atoms with E-state index in [0.29, 0.717) is 12.5 Å². The van der Waals surface area contributed by atoms with E-state index in [1.165, 1.54) is 31.9 Å². The largest absolute Gasteiger partial charge is 0.469 e. The molecule has 0 amide bonds. The molecular formula is C16H29NO2S. The average Bonchev–Trinajstić information content (AvgIpc) is 2.46. The maximum absolute atomic E-state index is 11.5. The molecule has 3 nitrogen and oxygen atoms in total. The van der Waals surface area contributed by atoms with Crippen LogP contribution in [-0.4, -0.2) is 25.4 Å². The highest BCUT2D eigenvalue weighted by molar-refractivity contribution is 7.96. The summed E-state index contributed by atoms with van der Waals surface area (Å²) in [6.07, 6.45) is 11.3. The molecule has 0 aromatic rings. The quantitative estimate of drug-likeness (QED) is 0.270. The fourth-order valence-corrected chi connectivity index (χ4v) is 2.60. The second-order valence-electron chi connectivity index (χ2n) is 4.92. The SMILES string of the molecule is C=CC(C/C=C(\C)[C@@H](CCCCC)NSC)C(=O)OC. The molecule has 0 fully saturated rings. The lowest BCUT2D eigenvalue weighted by molar-refractivity contribution is -0.143. The summed E-state index contributed by atoms with van der Waals surface area (Å²) in [5.74, 6) is -0.468. The molecule has 0 rings (SSSR count). The van der Waals surface area contributed by atoms with Crippen molar-refractivity contribution < 1.29 is 9.53 Å². The molecule has 0 radical (unpaired) electrons. The van der Waals surface area contributed by atoms with Crippen LogP contribution in [0, 0.1) is 5.92 Å². The molecule has 0 heterocycles. The lowest BCUT2D eigenvalue weighted by Crippen LogP contribution is -2.24. The summed E-state index contributed by atoms with van der Waals surface area (Å²) >= 11 is 1.64. The van der Waals surface area contributed by atoms with E-state index < -0.39 is 0 Å². The Balaban J connectivity index is 4.52. The molecule has 0 aliphatic rings. The number of ether oxygens (including phenoxy) is 1. The van der Waals surface area contributed by atoms with Crippen molar-refractivity contribution >= 4 is 17.9 Å². The Hall–Kier alpha value is -0.740. The Bertz CT molecular complexity index is 316. The summed E-state index contributed by atoms with van der Waals surface area (Å²) < 4.78 is 8.20. The van der Waals surface area contributed by atoms with Gasteiger partial charge in [0.25, 0.3) is 0 Å². The molecule has 2 atom stereocenters. The lowest BCUT2D eigenvalue weighted by atomic mass is 9.98. The van der Waals surface area contributed by atoms with E-state index in [0.717, 1.165) is 6.42 Å². The number of rotatable bonds is 11. The standard InChI is InChI=1S/C16H29NO2S/c1-6-8-9-10-15(17-20-5)13(3)11-12-14(7-2)16(18)19-4/h7,11,14-15,17H,2,6,8-10,12H2,1,3-5H3/b13-11+/t14?,15-/m1/s1. The second kappa shape index (κ2) is 12.0. The summed E-state index contributed by atoms with van der Waals surface area (Å²) in [5, 5.41) is 0. The normalized spacial score (nSPS) is 14.7. The van der Waals surface area contributed by atoms with Gasteiger partial charge >= 0.3 is 5.97 Å². The van der Waals surface area contributed by atoms with Crippen LogP contribution in [-0.2, 0) is 9.53 Å². The summed E-state index contributed by atoms with van der Waals surface area (Å²) in [4.78, 5) is 11.5. The van der Waals surface area contributed by atoms with Gasteiger partial charge in [-0.1, -0.05) is 55.9 Å². The molecule has 0 aromatic carbocycles. The molecule has 0 aliphatic heterocycles. The Morgan fingerprint density at radius 3 is 2.65 bits per heavy atom. The predicted molar refractivity (Wildman–Crippen MR) is 88.7 cm³/mol. The Morgan fingerprint density at radius 2 is 2.15 bits per heavy atom. The van der Waals surface area contributed by atoms with Gasteiger partial charge in [-0.15, -0.1) is 6.58 Å². The van der Waals surface area contributed by atoms with Crippen molar-refractivity contribution in [3.05, 3.63) is 24.3 Å². The van der Waals surface area contributed by atoms with Crippen molar-refractivity contribution in [2.24, 2.45) is 5.92 Å². The minimum atomic E-state index is -0.250. The van der Waals surface area contributed by atoms with Gasteiger partial charge < -0.3 is 4.74 Å². The van der Waals surface area contributed by atoms with Crippen molar-refractivity contribution in [3.8, 4) is 0 Å². The first-order valence-corrected chi connectivity index (χ1v) is 8.48.